The molecule has 6 heteroatoms. The average molecular weight is 326 g/mol. The van der Waals surface area contributed by atoms with E-state index in [-0.39, 0.29) is 30.6 Å². The van der Waals surface area contributed by atoms with Crippen LogP contribution in [0.3, 0.4) is 0 Å². The maximum atomic E-state index is 13.9. The molecule has 5 nitrogen and oxygen atoms in total. The number of benzene rings is 1. The first-order valence-electron chi connectivity index (χ1n) is 8.02. The second kappa shape index (κ2) is 6.52. The number of amidine groups is 1. The summed E-state index contributed by atoms with van der Waals surface area (Å²) >= 11 is 0. The third-order valence-corrected chi connectivity index (χ3v) is 4.74. The lowest BCUT2D eigenvalue weighted by Crippen LogP contribution is -2.28. The molecule has 1 aromatic rings. The van der Waals surface area contributed by atoms with Crippen molar-refractivity contribution in [2.45, 2.75) is 37.9 Å². The van der Waals surface area contributed by atoms with Crippen LogP contribution in [-0.4, -0.2) is 36.1 Å². The Morgan fingerprint density at radius 2 is 2.12 bits per heavy atom. The number of carbonyl (C=O) groups excluding carboxylic acids is 1. The topological polar surface area (TPSA) is 68.8 Å². The highest BCUT2D eigenvalue weighted by Crippen LogP contribution is 2.50. The lowest BCUT2D eigenvalue weighted by Gasteiger charge is -2.22. The number of nitrogens with zero attached hydrogens (tertiary/aromatic N) is 4. The summed E-state index contributed by atoms with van der Waals surface area (Å²) in [5.41, 5.74) is 0.293. The van der Waals surface area contributed by atoms with E-state index in [4.69, 9.17) is 5.26 Å². The molecule has 2 unspecified atom stereocenters. The van der Waals surface area contributed by atoms with Crippen LogP contribution in [0.2, 0.25) is 0 Å². The van der Waals surface area contributed by atoms with Crippen LogP contribution >= 0.6 is 0 Å². The molecule has 0 radical (unpaired) electrons. The summed E-state index contributed by atoms with van der Waals surface area (Å²) in [6, 6.07) is 11.4. The maximum Gasteiger partial charge on any atom is 0.215 e. The van der Waals surface area contributed by atoms with Gasteiger partial charge in [-0.3, -0.25) is 9.80 Å². The van der Waals surface area contributed by atoms with E-state index in [9.17, 15) is 9.18 Å². The zero-order chi connectivity index (χ0) is 17.2. The van der Waals surface area contributed by atoms with Gasteiger partial charge in [-0.05, 0) is 25.1 Å². The fraction of sp³-hybridized carbons (Fsp3) is 0.444. The molecule has 1 saturated carbocycles. The monoisotopic (exact) mass is 326 g/mol. The second-order valence-corrected chi connectivity index (χ2v) is 6.41. The van der Waals surface area contributed by atoms with Crippen molar-refractivity contribution in [3.05, 3.63) is 35.9 Å². The highest BCUT2D eigenvalue weighted by atomic mass is 19.1. The van der Waals surface area contributed by atoms with Crippen LogP contribution in [0.15, 0.2) is 40.4 Å². The Bertz CT molecular complexity index is 705. The summed E-state index contributed by atoms with van der Waals surface area (Å²) in [6.07, 6.45) is 0.821. The number of halogens is 1. The summed E-state index contributed by atoms with van der Waals surface area (Å²) in [5, 5.41) is 14.8. The largest absolute Gasteiger partial charge is 0.290 e. The van der Waals surface area contributed by atoms with Crippen molar-refractivity contribution in [3.63, 3.8) is 0 Å². The molecule has 3 rings (SSSR count). The molecule has 2 aliphatic rings. The van der Waals surface area contributed by atoms with E-state index < -0.39 is 11.6 Å². The first-order chi connectivity index (χ1) is 11.6. The van der Waals surface area contributed by atoms with Gasteiger partial charge >= 0.3 is 0 Å². The molecule has 2 fully saturated rings. The maximum absolute atomic E-state index is 13.9. The van der Waals surface area contributed by atoms with E-state index in [1.54, 1.807) is 5.01 Å². The van der Waals surface area contributed by atoms with Crippen molar-refractivity contribution in [2.75, 3.05) is 6.54 Å². The van der Waals surface area contributed by atoms with Gasteiger partial charge in [0.1, 0.15) is 6.17 Å². The number of hydrogen-bond acceptors (Lipinski definition) is 4. The van der Waals surface area contributed by atoms with Crippen molar-refractivity contribution in [2.24, 2.45) is 15.5 Å². The van der Waals surface area contributed by atoms with Crippen LogP contribution in [0.25, 0.3) is 0 Å². The van der Waals surface area contributed by atoms with E-state index in [0.717, 1.165) is 5.56 Å². The summed E-state index contributed by atoms with van der Waals surface area (Å²) in [5.74, 6) is -0.272. The van der Waals surface area contributed by atoms with Gasteiger partial charge in [-0.25, -0.2) is 9.38 Å². The molecule has 1 aliphatic heterocycles. The Hall–Kier alpha value is -2.55. The molecule has 1 heterocycles. The number of aliphatic imine (C=N–C) groups is 1. The number of carbonyl (C=O) groups is 1. The van der Waals surface area contributed by atoms with E-state index in [1.807, 2.05) is 30.3 Å². The van der Waals surface area contributed by atoms with Gasteiger partial charge in [-0.15, -0.1) is 0 Å². The molecule has 0 spiro atoms. The third kappa shape index (κ3) is 3.07. The predicted molar refractivity (Wildman–Crippen MR) is 89.3 cm³/mol. The van der Waals surface area contributed by atoms with Crippen molar-refractivity contribution < 1.29 is 9.18 Å². The molecular weight excluding hydrogens is 307 g/mol. The fourth-order valence-electron chi connectivity index (χ4n) is 3.16. The van der Waals surface area contributed by atoms with Crippen molar-refractivity contribution in [1.82, 2.24) is 5.01 Å². The van der Waals surface area contributed by atoms with E-state index in [1.165, 1.54) is 0 Å². The zero-order valence-corrected chi connectivity index (χ0v) is 13.4. The number of rotatable bonds is 5. The number of hydrazone groups is 1. The summed E-state index contributed by atoms with van der Waals surface area (Å²) in [7, 11) is 0. The van der Waals surface area contributed by atoms with Gasteiger partial charge in [0.25, 0.3) is 0 Å². The van der Waals surface area contributed by atoms with Gasteiger partial charge in [0.15, 0.2) is 0 Å². The molecule has 2 atom stereocenters. The minimum atomic E-state index is -1.01. The SMILES string of the molecule is C=N/C(=N\N1CC(F)CC1c1ccccc1)C(=O)C1(CC#N)CC1. The predicted octanol–water partition coefficient (Wildman–Crippen LogP) is 3.05. The normalized spacial score (nSPS) is 25.2. The van der Waals surface area contributed by atoms with Crippen molar-refractivity contribution in [3.8, 4) is 6.07 Å². The van der Waals surface area contributed by atoms with Gasteiger partial charge in [-0.1, -0.05) is 30.3 Å². The second-order valence-electron chi connectivity index (χ2n) is 6.41. The summed E-state index contributed by atoms with van der Waals surface area (Å²) in [6.45, 7) is 3.56. The first kappa shape index (κ1) is 16.3. The minimum Gasteiger partial charge on any atom is -0.290 e. The third-order valence-electron chi connectivity index (χ3n) is 4.74. The quantitative estimate of drug-likeness (QED) is 0.617. The lowest BCUT2D eigenvalue weighted by molar-refractivity contribution is -0.117. The Balaban J connectivity index is 1.85. The average Bonchev–Trinajstić information content (AvgIpc) is 3.29. The first-order valence-corrected chi connectivity index (χ1v) is 8.02. The number of nitriles is 1. The molecule has 0 amide bonds. The number of alkyl halides is 1. The fourth-order valence-corrected chi connectivity index (χ4v) is 3.16. The molecule has 24 heavy (non-hydrogen) atoms. The molecule has 0 aromatic heterocycles. The van der Waals surface area contributed by atoms with Crippen LogP contribution in [0.4, 0.5) is 4.39 Å². The molecule has 1 saturated heterocycles. The standard InChI is InChI=1S/C18H19FN4O/c1-21-17(16(24)18(7-8-18)9-10-20)22-23-12-14(19)11-15(23)13-5-3-2-4-6-13/h2-6,14-15H,1,7-9,11-12H2/b22-17-. The number of Topliss-reactive ketones (excluding diaryl/α,β-unsaturated/α-hetero) is 1. The van der Waals surface area contributed by atoms with Gasteiger partial charge in [0.2, 0.25) is 11.6 Å². The molecule has 124 valence electrons. The van der Waals surface area contributed by atoms with E-state index >= 15 is 0 Å². The van der Waals surface area contributed by atoms with Crippen LogP contribution < -0.4 is 0 Å². The van der Waals surface area contributed by atoms with Crippen molar-refractivity contribution >= 4 is 18.3 Å². The molecule has 1 aliphatic carbocycles. The van der Waals surface area contributed by atoms with Gasteiger partial charge in [-0.2, -0.15) is 10.4 Å². The Morgan fingerprint density at radius 1 is 1.42 bits per heavy atom. The highest BCUT2D eigenvalue weighted by Gasteiger charge is 2.51. The molecule has 1 aromatic carbocycles. The van der Waals surface area contributed by atoms with Gasteiger partial charge < -0.3 is 0 Å². The smallest absolute Gasteiger partial charge is 0.215 e. The Morgan fingerprint density at radius 3 is 2.71 bits per heavy atom. The molecular formula is C18H19FN4O. The van der Waals surface area contributed by atoms with Crippen LogP contribution in [0.5, 0.6) is 0 Å². The van der Waals surface area contributed by atoms with Crippen LogP contribution in [-0.2, 0) is 4.79 Å². The minimum absolute atomic E-state index is 0.0159. The summed E-state index contributed by atoms with van der Waals surface area (Å²) in [4.78, 5) is 16.4. The Kier molecular flexibility index (Phi) is 4.43. The van der Waals surface area contributed by atoms with Gasteiger partial charge in [0, 0.05) is 12.8 Å². The van der Waals surface area contributed by atoms with Crippen molar-refractivity contribution in [1.29, 1.82) is 5.26 Å². The molecule has 0 N–H and O–H groups in total. The van der Waals surface area contributed by atoms with Crippen LogP contribution in [0, 0.1) is 16.7 Å². The number of ketones is 1. The van der Waals surface area contributed by atoms with Gasteiger partial charge in [0.05, 0.1) is 24.1 Å². The summed E-state index contributed by atoms with van der Waals surface area (Å²) < 4.78 is 13.9. The Labute approximate surface area is 140 Å². The van der Waals surface area contributed by atoms with E-state index in [0.29, 0.717) is 19.3 Å². The van der Waals surface area contributed by atoms with Crippen LogP contribution in [0.1, 0.15) is 37.3 Å². The highest BCUT2D eigenvalue weighted by molar-refractivity contribution is 6.42. The molecule has 0 bridgehead atoms. The lowest BCUT2D eigenvalue weighted by atomic mass is 9.97. The number of hydrogen-bond donors (Lipinski definition) is 0. The van der Waals surface area contributed by atoms with E-state index in [2.05, 4.69) is 22.9 Å². The zero-order valence-electron chi connectivity index (χ0n) is 13.4.